The van der Waals surface area contributed by atoms with E-state index in [0.717, 1.165) is 41.8 Å². The van der Waals surface area contributed by atoms with Gasteiger partial charge in [-0.2, -0.15) is 5.10 Å². The highest BCUT2D eigenvalue weighted by Gasteiger charge is 2.34. The lowest BCUT2D eigenvalue weighted by molar-refractivity contribution is -0.135. The van der Waals surface area contributed by atoms with Crippen molar-refractivity contribution < 1.29 is 9.18 Å². The maximum Gasteiger partial charge on any atom is 0.257 e. The van der Waals surface area contributed by atoms with Crippen molar-refractivity contribution in [3.8, 4) is 0 Å². The van der Waals surface area contributed by atoms with Crippen molar-refractivity contribution in [2.24, 2.45) is 5.10 Å². The maximum absolute atomic E-state index is 13.5. The third kappa shape index (κ3) is 4.40. The third-order valence-corrected chi connectivity index (χ3v) is 6.05. The summed E-state index contributed by atoms with van der Waals surface area (Å²) in [5.41, 5.74) is 4.02. The van der Waals surface area contributed by atoms with Gasteiger partial charge in [0, 0.05) is 12.5 Å². The number of carbonyl (C=O) groups is 1. The highest BCUT2D eigenvalue weighted by molar-refractivity contribution is 6.03. The molecule has 0 aromatic heterocycles. The fourth-order valence-corrected chi connectivity index (χ4v) is 4.32. The Morgan fingerprint density at radius 3 is 2.69 bits per heavy atom. The average molecular weight is 394 g/mol. The number of likely N-dealkylation sites (tertiary alicyclic amines) is 1. The van der Waals surface area contributed by atoms with E-state index in [2.05, 4.69) is 30.9 Å². The van der Waals surface area contributed by atoms with Gasteiger partial charge in [-0.25, -0.2) is 9.40 Å². The second-order valence-corrected chi connectivity index (χ2v) is 8.24. The van der Waals surface area contributed by atoms with Crippen LogP contribution < -0.4 is 0 Å². The van der Waals surface area contributed by atoms with Crippen LogP contribution in [0.25, 0.3) is 0 Å². The number of hydrazone groups is 1. The molecule has 1 amide bonds. The molecule has 0 radical (unpaired) electrons. The van der Waals surface area contributed by atoms with E-state index in [9.17, 15) is 9.18 Å². The van der Waals surface area contributed by atoms with Crippen molar-refractivity contribution in [2.45, 2.75) is 51.6 Å². The Bertz CT molecular complexity index is 909. The van der Waals surface area contributed by atoms with Crippen molar-refractivity contribution in [2.75, 3.05) is 13.1 Å². The Labute approximate surface area is 172 Å². The van der Waals surface area contributed by atoms with Crippen LogP contribution in [-0.4, -0.2) is 40.7 Å². The standard InChI is InChI=1S/C24H28FN3O/c1-17-6-5-8-20(14-17)22-15-23(19-9-11-21(25)12-10-19)28(26-22)24(29)16-27-13-4-3-7-18(27)2/h5-6,8-12,14,18,23H,3-4,7,13,15-16H2,1-2H3. The van der Waals surface area contributed by atoms with Crippen molar-refractivity contribution >= 4 is 11.6 Å². The molecular formula is C24H28FN3O. The zero-order valence-electron chi connectivity index (χ0n) is 17.1. The van der Waals surface area contributed by atoms with Gasteiger partial charge in [0.15, 0.2) is 0 Å². The number of carbonyl (C=O) groups excluding carboxylic acids is 1. The topological polar surface area (TPSA) is 35.9 Å². The van der Waals surface area contributed by atoms with Crippen LogP contribution in [0, 0.1) is 12.7 Å². The molecule has 1 saturated heterocycles. The summed E-state index contributed by atoms with van der Waals surface area (Å²) in [7, 11) is 0. The van der Waals surface area contributed by atoms with E-state index in [0.29, 0.717) is 19.0 Å². The van der Waals surface area contributed by atoms with Gasteiger partial charge in [0.2, 0.25) is 0 Å². The summed E-state index contributed by atoms with van der Waals surface area (Å²) in [5.74, 6) is -0.262. The van der Waals surface area contributed by atoms with Gasteiger partial charge in [-0.1, -0.05) is 48.4 Å². The van der Waals surface area contributed by atoms with E-state index < -0.39 is 0 Å². The molecule has 29 heavy (non-hydrogen) atoms. The maximum atomic E-state index is 13.5. The molecule has 2 aliphatic rings. The van der Waals surface area contributed by atoms with Gasteiger partial charge >= 0.3 is 0 Å². The van der Waals surface area contributed by atoms with Crippen molar-refractivity contribution in [3.05, 3.63) is 71.0 Å². The molecule has 152 valence electrons. The first kappa shape index (κ1) is 19.8. The molecule has 0 saturated carbocycles. The number of nitrogens with zero attached hydrogens (tertiary/aromatic N) is 3. The summed E-state index contributed by atoms with van der Waals surface area (Å²) in [6, 6.07) is 14.9. The van der Waals surface area contributed by atoms with Crippen LogP contribution in [-0.2, 0) is 4.79 Å². The first-order valence-corrected chi connectivity index (χ1v) is 10.5. The molecule has 2 aromatic carbocycles. The molecule has 4 rings (SSSR count). The Morgan fingerprint density at radius 1 is 1.17 bits per heavy atom. The van der Waals surface area contributed by atoms with Crippen LogP contribution in [0.15, 0.2) is 53.6 Å². The Morgan fingerprint density at radius 2 is 1.97 bits per heavy atom. The van der Waals surface area contributed by atoms with Gasteiger partial charge in [0.1, 0.15) is 5.82 Å². The van der Waals surface area contributed by atoms with Gasteiger partial charge in [0.05, 0.1) is 18.3 Å². The molecule has 2 unspecified atom stereocenters. The first-order valence-electron chi connectivity index (χ1n) is 10.5. The second kappa shape index (κ2) is 8.46. The fourth-order valence-electron chi connectivity index (χ4n) is 4.32. The van der Waals surface area contributed by atoms with Crippen LogP contribution in [0.1, 0.15) is 55.3 Å². The summed E-state index contributed by atoms with van der Waals surface area (Å²) >= 11 is 0. The normalized spacial score (nSPS) is 22.6. The second-order valence-electron chi connectivity index (χ2n) is 8.24. The van der Waals surface area contributed by atoms with E-state index in [1.165, 1.54) is 18.6 Å². The number of rotatable bonds is 4. The average Bonchev–Trinajstić information content (AvgIpc) is 3.16. The van der Waals surface area contributed by atoms with E-state index in [1.807, 2.05) is 12.1 Å². The van der Waals surface area contributed by atoms with Crippen LogP contribution in [0.3, 0.4) is 0 Å². The van der Waals surface area contributed by atoms with Crippen molar-refractivity contribution in [1.29, 1.82) is 0 Å². The summed E-state index contributed by atoms with van der Waals surface area (Å²) in [6.45, 7) is 5.58. The zero-order valence-corrected chi connectivity index (χ0v) is 17.1. The molecule has 2 atom stereocenters. The third-order valence-electron chi connectivity index (χ3n) is 6.05. The number of benzene rings is 2. The Hall–Kier alpha value is -2.53. The molecule has 5 heteroatoms. The molecule has 0 bridgehead atoms. The minimum Gasteiger partial charge on any atom is -0.292 e. The summed E-state index contributed by atoms with van der Waals surface area (Å²) in [5, 5.41) is 6.38. The van der Waals surface area contributed by atoms with E-state index in [4.69, 9.17) is 5.10 Å². The van der Waals surface area contributed by atoms with Crippen molar-refractivity contribution in [1.82, 2.24) is 9.91 Å². The van der Waals surface area contributed by atoms with E-state index in [1.54, 1.807) is 17.1 Å². The zero-order chi connectivity index (χ0) is 20.4. The molecule has 0 aliphatic carbocycles. The van der Waals surface area contributed by atoms with Crippen molar-refractivity contribution in [3.63, 3.8) is 0 Å². The molecule has 4 nitrogen and oxygen atoms in total. The predicted molar refractivity (Wildman–Crippen MR) is 113 cm³/mol. The number of halogens is 1. The van der Waals surface area contributed by atoms with E-state index >= 15 is 0 Å². The lowest BCUT2D eigenvalue weighted by atomic mass is 9.97. The van der Waals surface area contributed by atoms with E-state index in [-0.39, 0.29) is 17.8 Å². The van der Waals surface area contributed by atoms with Gasteiger partial charge in [-0.3, -0.25) is 9.69 Å². The fraction of sp³-hybridized carbons (Fsp3) is 0.417. The first-order chi connectivity index (χ1) is 14.0. The minimum atomic E-state index is -0.272. The largest absolute Gasteiger partial charge is 0.292 e. The highest BCUT2D eigenvalue weighted by atomic mass is 19.1. The number of aryl methyl sites for hydroxylation is 1. The van der Waals surface area contributed by atoms with Gasteiger partial charge in [-0.15, -0.1) is 0 Å². The summed E-state index contributed by atoms with van der Waals surface area (Å²) in [4.78, 5) is 15.5. The molecule has 2 aliphatic heterocycles. The number of amides is 1. The quantitative estimate of drug-likeness (QED) is 0.756. The summed E-state index contributed by atoms with van der Waals surface area (Å²) < 4.78 is 13.5. The van der Waals surface area contributed by atoms with Crippen LogP contribution in [0.5, 0.6) is 0 Å². The Kier molecular flexibility index (Phi) is 5.76. The monoisotopic (exact) mass is 393 g/mol. The molecule has 0 spiro atoms. The highest BCUT2D eigenvalue weighted by Crippen LogP contribution is 2.33. The summed E-state index contributed by atoms with van der Waals surface area (Å²) in [6.07, 6.45) is 4.13. The number of piperidine rings is 1. The lowest BCUT2D eigenvalue weighted by Crippen LogP contribution is -2.44. The van der Waals surface area contributed by atoms with Gasteiger partial charge < -0.3 is 0 Å². The predicted octanol–water partition coefficient (Wildman–Crippen LogP) is 4.69. The number of hydrogen-bond acceptors (Lipinski definition) is 3. The van der Waals surface area contributed by atoms with Gasteiger partial charge in [-0.05, 0) is 56.5 Å². The van der Waals surface area contributed by atoms with Crippen LogP contribution >= 0.6 is 0 Å². The number of hydrogen-bond donors (Lipinski definition) is 0. The SMILES string of the molecule is Cc1cccc(C2=NN(C(=O)CN3CCCCC3C)C(c3ccc(F)cc3)C2)c1. The molecule has 1 fully saturated rings. The Balaban J connectivity index is 1.61. The molecule has 2 heterocycles. The lowest BCUT2D eigenvalue weighted by Gasteiger charge is -2.34. The molecule has 0 N–H and O–H groups in total. The molecule has 2 aromatic rings. The van der Waals surface area contributed by atoms with Gasteiger partial charge in [0.25, 0.3) is 5.91 Å². The van der Waals surface area contributed by atoms with Crippen LogP contribution in [0.4, 0.5) is 4.39 Å². The minimum absolute atomic E-state index is 0.00993. The molecular weight excluding hydrogens is 365 g/mol. The van der Waals surface area contributed by atoms with Crippen LogP contribution in [0.2, 0.25) is 0 Å². The smallest absolute Gasteiger partial charge is 0.257 e.